The topological polar surface area (TPSA) is 117 Å². The van der Waals surface area contributed by atoms with Crippen LogP contribution in [-0.4, -0.2) is 70.4 Å². The van der Waals surface area contributed by atoms with Gasteiger partial charge in [0.05, 0.1) is 6.54 Å². The second kappa shape index (κ2) is 6.92. The van der Waals surface area contributed by atoms with Gasteiger partial charge in [0.15, 0.2) is 11.9 Å². The second-order valence-electron chi connectivity index (χ2n) is 8.08. The highest BCUT2D eigenvalue weighted by Crippen LogP contribution is 2.52. The van der Waals surface area contributed by atoms with Crippen molar-refractivity contribution in [3.63, 3.8) is 0 Å². The Kier molecular flexibility index (Phi) is 4.97. The van der Waals surface area contributed by atoms with Gasteiger partial charge >= 0.3 is 6.18 Å². The van der Waals surface area contributed by atoms with Crippen molar-refractivity contribution < 1.29 is 26.7 Å². The number of hydrogen-bond acceptors (Lipinski definition) is 6. The van der Waals surface area contributed by atoms with Gasteiger partial charge in [0, 0.05) is 24.5 Å². The fourth-order valence-electron chi connectivity index (χ4n) is 4.44. The summed E-state index contributed by atoms with van der Waals surface area (Å²) in [5.74, 6) is 0.694. The first kappa shape index (κ1) is 21.6. The van der Waals surface area contributed by atoms with Crippen molar-refractivity contribution in [2.75, 3.05) is 24.5 Å². The highest BCUT2D eigenvalue weighted by atomic mass is 35.5. The quantitative estimate of drug-likeness (QED) is 0.678. The van der Waals surface area contributed by atoms with E-state index >= 15 is 0 Å². The van der Waals surface area contributed by atoms with Crippen molar-refractivity contribution >= 4 is 33.1 Å². The molecule has 0 amide bonds. The summed E-state index contributed by atoms with van der Waals surface area (Å²) in [6, 6.07) is 1.09. The van der Waals surface area contributed by atoms with E-state index in [0.29, 0.717) is 41.2 Å². The van der Waals surface area contributed by atoms with Crippen LogP contribution in [0, 0.1) is 12.3 Å². The molecule has 1 aliphatic heterocycles. The van der Waals surface area contributed by atoms with E-state index in [9.17, 15) is 26.7 Å². The maximum Gasteiger partial charge on any atom is 0.415 e. The Labute approximate surface area is 175 Å². The van der Waals surface area contributed by atoms with Crippen molar-refractivity contribution in [2.45, 2.75) is 38.1 Å². The minimum Gasteiger partial charge on any atom is -0.382 e. The molecule has 1 aliphatic carbocycles. The number of anilines is 1. The maximum atomic E-state index is 12.7. The summed E-state index contributed by atoms with van der Waals surface area (Å²) in [7, 11) is -4.39. The van der Waals surface area contributed by atoms with Crippen molar-refractivity contribution in [3.05, 3.63) is 23.1 Å². The van der Waals surface area contributed by atoms with Gasteiger partial charge in [-0.25, -0.2) is 14.6 Å². The molecule has 3 heterocycles. The molecule has 0 aromatic carbocycles. The van der Waals surface area contributed by atoms with E-state index < -0.39 is 35.1 Å². The van der Waals surface area contributed by atoms with Crippen molar-refractivity contribution in [3.8, 4) is 0 Å². The first-order valence-corrected chi connectivity index (χ1v) is 11.0. The number of fused-ring (bicyclic) bond motifs is 1. The van der Waals surface area contributed by atoms with Gasteiger partial charge in [-0.05, 0) is 31.4 Å². The summed E-state index contributed by atoms with van der Waals surface area (Å²) in [4.78, 5) is 6.34. The molecule has 4 rings (SSSR count). The average Bonchev–Trinajstić information content (AvgIpc) is 2.84. The summed E-state index contributed by atoms with van der Waals surface area (Å²) in [6.07, 6.45) is -5.61. The smallest absolute Gasteiger partial charge is 0.382 e. The highest BCUT2D eigenvalue weighted by Gasteiger charge is 2.56. The Hall–Kier alpha value is -1.67. The van der Waals surface area contributed by atoms with Gasteiger partial charge in [0.1, 0.15) is 17.0 Å². The standard InChI is InChI=1S/C16H20ClF3N6O3S/c1-9-2-12(17)26-13(9)14(22-8-23-26)24-6-15(7-24)3-10(4-15)25(30(21,28)29)5-11(27)16(18,19)20/h2,8,10-11,27H,3-7H2,1H3,(H2,21,28,29). The first-order chi connectivity index (χ1) is 13.8. The molecule has 166 valence electrons. The van der Waals surface area contributed by atoms with Gasteiger partial charge in [-0.15, -0.1) is 0 Å². The van der Waals surface area contributed by atoms with Gasteiger partial charge < -0.3 is 10.0 Å². The third-order valence-electron chi connectivity index (χ3n) is 5.84. The van der Waals surface area contributed by atoms with Crippen LogP contribution in [0.25, 0.3) is 5.52 Å². The van der Waals surface area contributed by atoms with Crippen LogP contribution in [-0.2, 0) is 10.2 Å². The van der Waals surface area contributed by atoms with Crippen LogP contribution >= 0.6 is 11.6 Å². The molecule has 14 heteroatoms. The monoisotopic (exact) mass is 468 g/mol. The molecule has 0 bridgehead atoms. The average molecular weight is 469 g/mol. The molecule has 2 aromatic rings. The van der Waals surface area contributed by atoms with E-state index in [1.807, 2.05) is 11.8 Å². The van der Waals surface area contributed by atoms with Crippen molar-refractivity contribution in [2.24, 2.45) is 10.6 Å². The number of nitrogens with zero attached hydrogens (tertiary/aromatic N) is 5. The highest BCUT2D eigenvalue weighted by molar-refractivity contribution is 7.86. The van der Waals surface area contributed by atoms with Crippen LogP contribution in [0.2, 0.25) is 5.15 Å². The van der Waals surface area contributed by atoms with Gasteiger partial charge in [-0.1, -0.05) is 11.6 Å². The number of aromatic nitrogens is 3. The summed E-state index contributed by atoms with van der Waals surface area (Å²) in [6.45, 7) is 1.91. The number of rotatable bonds is 5. The van der Waals surface area contributed by atoms with Crippen LogP contribution in [0.15, 0.2) is 12.4 Å². The van der Waals surface area contributed by atoms with Gasteiger partial charge in [-0.2, -0.15) is 31.0 Å². The van der Waals surface area contributed by atoms with Crippen LogP contribution in [0.5, 0.6) is 0 Å². The fourth-order valence-corrected chi connectivity index (χ4v) is 5.65. The molecule has 0 radical (unpaired) electrons. The predicted octanol–water partition coefficient (Wildman–Crippen LogP) is 1.09. The van der Waals surface area contributed by atoms with E-state index in [4.69, 9.17) is 16.7 Å². The molecule has 1 atom stereocenters. The number of aryl methyl sites for hydroxylation is 1. The molecule has 1 spiro atoms. The molecule has 9 nitrogen and oxygen atoms in total. The fraction of sp³-hybridized carbons (Fsp3) is 0.625. The Bertz CT molecular complexity index is 1080. The molecule has 1 unspecified atom stereocenters. The Balaban J connectivity index is 1.45. The SMILES string of the molecule is Cc1cc(Cl)n2ncnc(N3CC4(CC(N(CC(O)C(F)(F)F)S(N)(=O)=O)C4)C3)c12. The zero-order valence-corrected chi connectivity index (χ0v) is 17.4. The number of hydrogen-bond donors (Lipinski definition) is 2. The third-order valence-corrected chi connectivity index (χ3v) is 7.21. The Morgan fingerprint density at radius 3 is 2.63 bits per heavy atom. The Morgan fingerprint density at radius 2 is 2.07 bits per heavy atom. The number of aliphatic hydroxyl groups is 1. The molecule has 3 N–H and O–H groups in total. The number of halogens is 4. The first-order valence-electron chi connectivity index (χ1n) is 9.09. The zero-order valence-electron chi connectivity index (χ0n) is 15.8. The van der Waals surface area contributed by atoms with E-state index in [0.717, 1.165) is 11.1 Å². The van der Waals surface area contributed by atoms with Crippen LogP contribution in [0.3, 0.4) is 0 Å². The maximum absolute atomic E-state index is 12.7. The molecule has 1 saturated heterocycles. The van der Waals surface area contributed by atoms with Crippen LogP contribution in [0.4, 0.5) is 19.0 Å². The summed E-state index contributed by atoms with van der Waals surface area (Å²) in [5.41, 5.74) is 1.44. The number of alkyl halides is 3. The van der Waals surface area contributed by atoms with E-state index in [2.05, 4.69) is 10.1 Å². The lowest BCUT2D eigenvalue weighted by Crippen LogP contribution is -2.68. The van der Waals surface area contributed by atoms with E-state index in [1.54, 1.807) is 10.6 Å². The lowest BCUT2D eigenvalue weighted by Gasteiger charge is -2.60. The lowest BCUT2D eigenvalue weighted by molar-refractivity contribution is -0.207. The number of nitrogens with two attached hydrogens (primary N) is 1. The van der Waals surface area contributed by atoms with Gasteiger partial charge in [0.25, 0.3) is 10.2 Å². The normalized spacial score (nSPS) is 20.6. The van der Waals surface area contributed by atoms with E-state index in [-0.39, 0.29) is 5.41 Å². The van der Waals surface area contributed by atoms with Crippen LogP contribution in [0.1, 0.15) is 18.4 Å². The van der Waals surface area contributed by atoms with Gasteiger partial charge in [0.2, 0.25) is 0 Å². The van der Waals surface area contributed by atoms with Crippen molar-refractivity contribution in [1.82, 2.24) is 18.9 Å². The summed E-state index contributed by atoms with van der Waals surface area (Å²) in [5, 5.41) is 19.0. The summed E-state index contributed by atoms with van der Waals surface area (Å²) < 4.78 is 63.7. The molecule has 2 aliphatic rings. The molecule has 30 heavy (non-hydrogen) atoms. The predicted molar refractivity (Wildman–Crippen MR) is 102 cm³/mol. The largest absolute Gasteiger partial charge is 0.415 e. The minimum absolute atomic E-state index is 0.233. The third kappa shape index (κ3) is 3.62. The molecular formula is C16H20ClF3N6O3S. The van der Waals surface area contributed by atoms with E-state index in [1.165, 1.54) is 6.33 Å². The molecule has 2 fully saturated rings. The lowest BCUT2D eigenvalue weighted by atomic mass is 9.60. The molecular weight excluding hydrogens is 449 g/mol. The molecule has 2 aromatic heterocycles. The second-order valence-corrected chi connectivity index (χ2v) is 9.97. The van der Waals surface area contributed by atoms with Gasteiger partial charge in [-0.3, -0.25) is 0 Å². The zero-order chi connectivity index (χ0) is 22.1. The van der Waals surface area contributed by atoms with Crippen LogP contribution < -0.4 is 10.0 Å². The van der Waals surface area contributed by atoms with Crippen molar-refractivity contribution in [1.29, 1.82) is 0 Å². The molecule has 1 saturated carbocycles. The number of aliphatic hydroxyl groups excluding tert-OH is 1. The minimum atomic E-state index is -4.92. The Morgan fingerprint density at radius 1 is 1.43 bits per heavy atom. The summed E-state index contributed by atoms with van der Waals surface area (Å²) >= 11 is 6.16.